The number of hydrogen-bond acceptors (Lipinski definition) is 7. The van der Waals surface area contributed by atoms with Gasteiger partial charge in [-0.15, -0.1) is 5.10 Å². The Morgan fingerprint density at radius 3 is 2.27 bits per heavy atom. The smallest absolute Gasteiger partial charge is 0.432 e. The van der Waals surface area contributed by atoms with Crippen LogP contribution in [0.15, 0.2) is 12.3 Å². The molecule has 0 aromatic carbocycles. The number of nitrogens with zero attached hydrogens (tertiary/aromatic N) is 2. The number of carbonyl (C=O) groups is 1. The standard InChI is InChI=1S/C15H28N2O7SSi/c1-14(2,3)26(6,7)23-11-15(4,10-22-25(5,20)21)24-12-8-9-17(16-12)13(18)19/h8-9H,10-11H2,1-7H3,(H,18,19). The summed E-state index contributed by atoms with van der Waals surface area (Å²) in [4.78, 5) is 10.9. The van der Waals surface area contributed by atoms with Gasteiger partial charge < -0.3 is 14.3 Å². The number of hydrogen-bond donors (Lipinski definition) is 1. The van der Waals surface area contributed by atoms with E-state index in [2.05, 4.69) is 39.0 Å². The Morgan fingerprint density at radius 1 is 1.27 bits per heavy atom. The first kappa shape index (κ1) is 22.6. The maximum absolute atomic E-state index is 11.4. The predicted octanol–water partition coefficient (Wildman–Crippen LogP) is 2.54. The minimum atomic E-state index is -3.68. The average Bonchev–Trinajstić information content (AvgIpc) is 2.90. The highest BCUT2D eigenvalue weighted by Gasteiger charge is 2.40. The zero-order valence-corrected chi connectivity index (χ0v) is 18.1. The number of ether oxygens (including phenoxy) is 1. The first-order valence-corrected chi connectivity index (χ1v) is 12.7. The van der Waals surface area contributed by atoms with Crippen molar-refractivity contribution in [2.75, 3.05) is 19.5 Å². The van der Waals surface area contributed by atoms with E-state index < -0.39 is 30.1 Å². The van der Waals surface area contributed by atoms with Crippen molar-refractivity contribution in [1.29, 1.82) is 0 Å². The van der Waals surface area contributed by atoms with Gasteiger partial charge in [0.05, 0.1) is 12.9 Å². The summed E-state index contributed by atoms with van der Waals surface area (Å²) in [6, 6.07) is 1.37. The molecular weight excluding hydrogens is 380 g/mol. The minimum Gasteiger partial charge on any atom is -0.465 e. The number of carboxylic acid groups (broad SMARTS) is 1. The third-order valence-electron chi connectivity index (χ3n) is 4.23. The quantitative estimate of drug-likeness (QED) is 0.515. The zero-order chi connectivity index (χ0) is 20.4. The summed E-state index contributed by atoms with van der Waals surface area (Å²) in [6.45, 7) is 11.8. The second-order valence-electron chi connectivity index (χ2n) is 7.95. The van der Waals surface area contributed by atoms with Crippen LogP contribution in [-0.2, 0) is 18.7 Å². The van der Waals surface area contributed by atoms with E-state index in [4.69, 9.17) is 18.5 Å². The molecule has 1 aromatic heterocycles. The van der Waals surface area contributed by atoms with Crippen LogP contribution in [0.2, 0.25) is 18.1 Å². The molecule has 1 rings (SSSR count). The summed E-state index contributed by atoms with van der Waals surface area (Å²) in [5.41, 5.74) is -1.17. The van der Waals surface area contributed by atoms with E-state index in [-0.39, 0.29) is 24.1 Å². The SMILES string of the molecule is CC(CO[Si](C)(C)C(C)(C)C)(COS(C)(=O)=O)Oc1ccn(C(=O)O)n1. The molecule has 11 heteroatoms. The summed E-state index contributed by atoms with van der Waals surface area (Å²) in [5.74, 6) is 0.0332. The molecule has 1 N–H and O–H groups in total. The Morgan fingerprint density at radius 2 is 1.85 bits per heavy atom. The lowest BCUT2D eigenvalue weighted by atomic mass is 10.1. The van der Waals surface area contributed by atoms with Crippen LogP contribution in [0.3, 0.4) is 0 Å². The van der Waals surface area contributed by atoms with Gasteiger partial charge in [0.25, 0.3) is 10.1 Å². The molecule has 0 bridgehead atoms. The number of aromatic nitrogens is 2. The van der Waals surface area contributed by atoms with E-state index in [1.54, 1.807) is 6.92 Å². The predicted molar refractivity (Wildman–Crippen MR) is 98.6 cm³/mol. The lowest BCUT2D eigenvalue weighted by Gasteiger charge is -2.39. The molecule has 0 radical (unpaired) electrons. The Bertz CT molecular complexity index is 739. The second-order valence-corrected chi connectivity index (χ2v) is 14.4. The van der Waals surface area contributed by atoms with E-state index in [0.717, 1.165) is 6.26 Å². The molecule has 0 fully saturated rings. The molecule has 0 aliphatic rings. The summed E-state index contributed by atoms with van der Waals surface area (Å²) < 4.78 is 40.2. The fraction of sp³-hybridized carbons (Fsp3) is 0.733. The number of rotatable bonds is 8. The molecule has 150 valence electrons. The summed E-state index contributed by atoms with van der Waals surface area (Å²) in [5, 5.41) is 12.7. The Kier molecular flexibility index (Phi) is 6.67. The highest BCUT2D eigenvalue weighted by molar-refractivity contribution is 7.85. The van der Waals surface area contributed by atoms with E-state index >= 15 is 0 Å². The first-order chi connectivity index (χ1) is 11.5. The summed E-state index contributed by atoms with van der Waals surface area (Å²) >= 11 is 0. The lowest BCUT2D eigenvalue weighted by molar-refractivity contribution is -0.00894. The molecule has 26 heavy (non-hydrogen) atoms. The molecule has 0 spiro atoms. The molecule has 0 amide bonds. The Balaban J connectivity index is 2.99. The third-order valence-corrected chi connectivity index (χ3v) is 9.26. The van der Waals surface area contributed by atoms with Gasteiger partial charge in [-0.1, -0.05) is 20.8 Å². The molecule has 0 saturated heterocycles. The average molecular weight is 409 g/mol. The van der Waals surface area contributed by atoms with Crippen LogP contribution in [0.1, 0.15) is 27.7 Å². The third kappa shape index (κ3) is 6.70. The van der Waals surface area contributed by atoms with Crippen molar-refractivity contribution in [2.45, 2.75) is 51.4 Å². The summed E-state index contributed by atoms with van der Waals surface area (Å²) in [6.07, 6.45) is 0.914. The van der Waals surface area contributed by atoms with Gasteiger partial charge in [0.15, 0.2) is 13.9 Å². The highest BCUT2D eigenvalue weighted by Crippen LogP contribution is 2.37. The van der Waals surface area contributed by atoms with Gasteiger partial charge in [-0.2, -0.15) is 13.1 Å². The minimum absolute atomic E-state index is 0.0332. The van der Waals surface area contributed by atoms with Gasteiger partial charge in [0.2, 0.25) is 5.88 Å². The molecule has 1 heterocycles. The van der Waals surface area contributed by atoms with Crippen LogP contribution in [0.25, 0.3) is 0 Å². The van der Waals surface area contributed by atoms with Gasteiger partial charge in [-0.05, 0) is 25.1 Å². The molecule has 1 unspecified atom stereocenters. The van der Waals surface area contributed by atoms with E-state index in [0.29, 0.717) is 4.68 Å². The molecule has 0 aliphatic heterocycles. The van der Waals surface area contributed by atoms with Crippen LogP contribution in [-0.4, -0.2) is 62.8 Å². The van der Waals surface area contributed by atoms with E-state index in [1.807, 2.05) is 0 Å². The topological polar surface area (TPSA) is 117 Å². The maximum atomic E-state index is 11.4. The van der Waals surface area contributed by atoms with Crippen molar-refractivity contribution in [2.24, 2.45) is 0 Å². The van der Waals surface area contributed by atoms with Crippen molar-refractivity contribution in [3.8, 4) is 5.88 Å². The summed E-state index contributed by atoms with van der Waals surface area (Å²) in [7, 11) is -5.81. The van der Waals surface area contributed by atoms with Crippen molar-refractivity contribution >= 4 is 24.5 Å². The second kappa shape index (κ2) is 7.67. The largest absolute Gasteiger partial charge is 0.465 e. The zero-order valence-electron chi connectivity index (χ0n) is 16.3. The Hall–Kier alpha value is -1.43. The van der Waals surface area contributed by atoms with Crippen molar-refractivity contribution in [3.05, 3.63) is 12.3 Å². The van der Waals surface area contributed by atoms with Crippen LogP contribution in [0.5, 0.6) is 5.88 Å². The van der Waals surface area contributed by atoms with Crippen molar-refractivity contribution in [1.82, 2.24) is 9.78 Å². The fourth-order valence-corrected chi connectivity index (χ4v) is 3.17. The van der Waals surface area contributed by atoms with Gasteiger partial charge in [-0.25, -0.2) is 4.79 Å². The van der Waals surface area contributed by atoms with Crippen LogP contribution < -0.4 is 4.74 Å². The Labute approximate surface area is 155 Å². The van der Waals surface area contributed by atoms with Crippen molar-refractivity contribution < 1.29 is 31.7 Å². The monoisotopic (exact) mass is 408 g/mol. The van der Waals surface area contributed by atoms with Crippen molar-refractivity contribution in [3.63, 3.8) is 0 Å². The molecule has 1 aromatic rings. The molecule has 0 aliphatic carbocycles. The molecule has 1 atom stereocenters. The molecule has 9 nitrogen and oxygen atoms in total. The van der Waals surface area contributed by atoms with Gasteiger partial charge in [0, 0.05) is 12.3 Å². The van der Waals surface area contributed by atoms with Crippen LogP contribution >= 0.6 is 0 Å². The first-order valence-electron chi connectivity index (χ1n) is 8.01. The lowest BCUT2D eigenvalue weighted by Crippen LogP contribution is -2.49. The fourth-order valence-electron chi connectivity index (χ4n) is 1.60. The van der Waals surface area contributed by atoms with E-state index in [9.17, 15) is 13.2 Å². The molecular formula is C15H28N2O7SSi. The van der Waals surface area contributed by atoms with Gasteiger partial charge >= 0.3 is 6.09 Å². The van der Waals surface area contributed by atoms with E-state index in [1.165, 1.54) is 12.3 Å². The van der Waals surface area contributed by atoms with Gasteiger partial charge in [0.1, 0.15) is 6.61 Å². The van der Waals surface area contributed by atoms with Gasteiger partial charge in [-0.3, -0.25) is 4.18 Å². The molecule has 0 saturated carbocycles. The van der Waals surface area contributed by atoms with Crippen LogP contribution in [0.4, 0.5) is 4.79 Å². The maximum Gasteiger partial charge on any atom is 0.432 e. The normalized spacial score (nSPS) is 15.5. The van der Waals surface area contributed by atoms with Crippen LogP contribution in [0, 0.1) is 0 Å². The highest BCUT2D eigenvalue weighted by atomic mass is 32.2.